The van der Waals surface area contributed by atoms with Crippen LogP contribution in [0.5, 0.6) is 5.75 Å². The standard InChI is InChI=1S/C22H26N4O5/c1-13(27)9-24-5-6-26-17-7-14-10-25(16-3-4-19(28)23-20(16)29)21(30)15(14)8-18(17)31-12-22(26,2)11-24/h7-8,16H,3-6,9-12H2,1-2H3,(H,23,28,29). The Kier molecular flexibility index (Phi) is 4.55. The molecule has 5 rings (SSSR count). The number of benzene rings is 1. The maximum absolute atomic E-state index is 13.1. The van der Waals surface area contributed by atoms with E-state index in [1.165, 1.54) is 0 Å². The van der Waals surface area contributed by atoms with Crippen molar-refractivity contribution in [3.8, 4) is 5.75 Å². The first-order chi connectivity index (χ1) is 14.7. The number of Topliss-reactive ketones (excluding diaryl/α,β-unsaturated/α-hetero) is 1. The predicted molar refractivity (Wildman–Crippen MR) is 111 cm³/mol. The molecule has 3 amide bonds. The zero-order valence-corrected chi connectivity index (χ0v) is 17.8. The van der Waals surface area contributed by atoms with Crippen LogP contribution in [0.2, 0.25) is 0 Å². The van der Waals surface area contributed by atoms with Crippen molar-refractivity contribution in [2.45, 2.75) is 44.8 Å². The molecular weight excluding hydrogens is 400 g/mol. The van der Waals surface area contributed by atoms with Gasteiger partial charge in [0.25, 0.3) is 5.91 Å². The van der Waals surface area contributed by atoms with Crippen molar-refractivity contribution in [2.24, 2.45) is 0 Å². The van der Waals surface area contributed by atoms with E-state index in [9.17, 15) is 19.2 Å². The fourth-order valence-corrected chi connectivity index (χ4v) is 5.28. The number of anilines is 1. The van der Waals surface area contributed by atoms with Crippen molar-refractivity contribution >= 4 is 29.2 Å². The number of imide groups is 1. The fourth-order valence-electron chi connectivity index (χ4n) is 5.28. The van der Waals surface area contributed by atoms with Gasteiger partial charge in [-0.05, 0) is 38.0 Å². The molecule has 4 aliphatic heterocycles. The quantitative estimate of drug-likeness (QED) is 0.695. The molecule has 2 saturated heterocycles. The largest absolute Gasteiger partial charge is 0.489 e. The monoisotopic (exact) mass is 426 g/mol. The number of hydrogen-bond acceptors (Lipinski definition) is 7. The molecular formula is C22H26N4O5. The summed E-state index contributed by atoms with van der Waals surface area (Å²) in [6, 6.07) is 3.17. The van der Waals surface area contributed by atoms with Gasteiger partial charge in [-0.3, -0.25) is 29.4 Å². The first-order valence-corrected chi connectivity index (χ1v) is 10.7. The first kappa shape index (κ1) is 20.0. The van der Waals surface area contributed by atoms with Gasteiger partial charge in [0.2, 0.25) is 11.8 Å². The molecule has 0 saturated carbocycles. The van der Waals surface area contributed by atoms with Gasteiger partial charge in [0.05, 0.1) is 17.8 Å². The highest BCUT2D eigenvalue weighted by Gasteiger charge is 2.45. The van der Waals surface area contributed by atoms with Gasteiger partial charge in [-0.2, -0.15) is 0 Å². The SMILES string of the molecule is CC(=O)CN1CCN2c3cc4c(cc3OCC2(C)C1)C(=O)N(C1CCC(=O)NC1=O)C4. The topological polar surface area (TPSA) is 99.3 Å². The molecule has 9 heteroatoms. The Bertz CT molecular complexity index is 1010. The number of hydrogen-bond donors (Lipinski definition) is 1. The number of piperidine rings is 1. The predicted octanol–water partition coefficient (Wildman–Crippen LogP) is 0.310. The smallest absolute Gasteiger partial charge is 0.255 e. The third kappa shape index (κ3) is 3.27. The van der Waals surface area contributed by atoms with E-state index in [0.717, 1.165) is 30.9 Å². The maximum atomic E-state index is 13.1. The lowest BCUT2D eigenvalue weighted by atomic mass is 9.93. The second kappa shape index (κ2) is 7.05. The van der Waals surface area contributed by atoms with Crippen LogP contribution in [0.25, 0.3) is 0 Å². The molecule has 0 spiro atoms. The summed E-state index contributed by atoms with van der Waals surface area (Å²) >= 11 is 0. The van der Waals surface area contributed by atoms with E-state index in [1.807, 2.05) is 6.07 Å². The third-order valence-electron chi connectivity index (χ3n) is 6.73. The van der Waals surface area contributed by atoms with Crippen LogP contribution in [0, 0.1) is 0 Å². The minimum absolute atomic E-state index is 0.152. The van der Waals surface area contributed by atoms with Crippen LogP contribution >= 0.6 is 0 Å². The number of carbonyl (C=O) groups excluding carboxylic acids is 4. The molecule has 2 fully saturated rings. The van der Waals surface area contributed by atoms with Gasteiger partial charge in [0.15, 0.2) is 0 Å². The number of ether oxygens (including phenoxy) is 1. The number of rotatable bonds is 3. The Balaban J connectivity index is 1.41. The Labute approximate surface area is 180 Å². The van der Waals surface area contributed by atoms with E-state index in [1.54, 1.807) is 17.9 Å². The number of ketones is 1. The van der Waals surface area contributed by atoms with Crippen LogP contribution in [-0.4, -0.2) is 77.7 Å². The first-order valence-electron chi connectivity index (χ1n) is 10.7. The maximum Gasteiger partial charge on any atom is 0.255 e. The summed E-state index contributed by atoms with van der Waals surface area (Å²) in [4.78, 5) is 54.4. The van der Waals surface area contributed by atoms with Crippen LogP contribution in [0.3, 0.4) is 0 Å². The number of fused-ring (bicyclic) bond motifs is 4. The molecule has 9 nitrogen and oxygen atoms in total. The van der Waals surface area contributed by atoms with Crippen molar-refractivity contribution in [2.75, 3.05) is 37.7 Å². The van der Waals surface area contributed by atoms with Crippen LogP contribution < -0.4 is 15.0 Å². The number of nitrogens with one attached hydrogen (secondary N) is 1. The molecule has 0 aliphatic carbocycles. The minimum atomic E-state index is -0.629. The molecule has 2 atom stereocenters. The van der Waals surface area contributed by atoms with E-state index in [2.05, 4.69) is 22.0 Å². The van der Waals surface area contributed by atoms with Crippen LogP contribution in [0.15, 0.2) is 12.1 Å². The van der Waals surface area contributed by atoms with Crippen LogP contribution in [0.4, 0.5) is 5.69 Å². The summed E-state index contributed by atoms with van der Waals surface area (Å²) in [5.74, 6) is -0.0747. The van der Waals surface area contributed by atoms with E-state index < -0.39 is 11.9 Å². The van der Waals surface area contributed by atoms with E-state index in [0.29, 0.717) is 37.4 Å². The van der Waals surface area contributed by atoms with Crippen LogP contribution in [0.1, 0.15) is 42.6 Å². The summed E-state index contributed by atoms with van der Waals surface area (Å²) in [5.41, 5.74) is 2.11. The summed E-state index contributed by atoms with van der Waals surface area (Å²) < 4.78 is 6.09. The molecule has 0 bridgehead atoms. The number of amides is 3. The average molecular weight is 426 g/mol. The zero-order chi connectivity index (χ0) is 21.9. The molecule has 0 radical (unpaired) electrons. The number of carbonyl (C=O) groups is 4. The highest BCUT2D eigenvalue weighted by Crippen LogP contribution is 2.43. The molecule has 0 aromatic heterocycles. The Hall–Kier alpha value is -2.94. The van der Waals surface area contributed by atoms with Gasteiger partial charge in [0, 0.05) is 38.2 Å². The van der Waals surface area contributed by atoms with Gasteiger partial charge in [-0.1, -0.05) is 0 Å². The van der Waals surface area contributed by atoms with Crippen LogP contribution in [-0.2, 0) is 20.9 Å². The summed E-state index contributed by atoms with van der Waals surface area (Å²) in [6.45, 7) is 7.27. The lowest BCUT2D eigenvalue weighted by Gasteiger charge is -2.52. The highest BCUT2D eigenvalue weighted by molar-refractivity contribution is 6.06. The Morgan fingerprint density at radius 1 is 1.26 bits per heavy atom. The van der Waals surface area contributed by atoms with Crippen molar-refractivity contribution in [1.82, 2.24) is 15.1 Å². The molecule has 4 heterocycles. The van der Waals surface area contributed by atoms with Gasteiger partial charge in [0.1, 0.15) is 24.2 Å². The molecule has 2 unspecified atom stereocenters. The second-order valence-corrected chi connectivity index (χ2v) is 9.23. The van der Waals surface area contributed by atoms with Crippen molar-refractivity contribution in [3.63, 3.8) is 0 Å². The highest BCUT2D eigenvalue weighted by atomic mass is 16.5. The molecule has 164 valence electrons. The normalized spacial score (nSPS) is 27.9. The molecule has 1 aromatic rings. The lowest BCUT2D eigenvalue weighted by molar-refractivity contribution is -0.137. The van der Waals surface area contributed by atoms with Gasteiger partial charge >= 0.3 is 0 Å². The third-order valence-corrected chi connectivity index (χ3v) is 6.73. The summed E-state index contributed by atoms with van der Waals surface area (Å²) in [6.07, 6.45) is 0.579. The fraction of sp³-hybridized carbons (Fsp3) is 0.545. The second-order valence-electron chi connectivity index (χ2n) is 9.23. The van der Waals surface area contributed by atoms with Crippen molar-refractivity contribution in [3.05, 3.63) is 23.3 Å². The molecule has 31 heavy (non-hydrogen) atoms. The zero-order valence-electron chi connectivity index (χ0n) is 17.8. The summed E-state index contributed by atoms with van der Waals surface area (Å²) in [7, 11) is 0. The van der Waals surface area contributed by atoms with Gasteiger partial charge in [-0.15, -0.1) is 0 Å². The molecule has 4 aliphatic rings. The molecule has 1 N–H and O–H groups in total. The number of piperazine rings is 1. The van der Waals surface area contributed by atoms with Crippen molar-refractivity contribution in [1.29, 1.82) is 0 Å². The number of nitrogens with zero attached hydrogens (tertiary/aromatic N) is 3. The minimum Gasteiger partial charge on any atom is -0.489 e. The van der Waals surface area contributed by atoms with Crippen molar-refractivity contribution < 1.29 is 23.9 Å². The summed E-state index contributed by atoms with van der Waals surface area (Å²) in [5, 5.41) is 2.34. The average Bonchev–Trinajstić information content (AvgIpc) is 3.01. The Morgan fingerprint density at radius 2 is 2.06 bits per heavy atom. The Morgan fingerprint density at radius 3 is 2.81 bits per heavy atom. The van der Waals surface area contributed by atoms with Gasteiger partial charge < -0.3 is 14.5 Å². The van der Waals surface area contributed by atoms with E-state index in [4.69, 9.17) is 4.74 Å². The van der Waals surface area contributed by atoms with E-state index >= 15 is 0 Å². The van der Waals surface area contributed by atoms with E-state index in [-0.39, 0.29) is 29.6 Å². The van der Waals surface area contributed by atoms with Gasteiger partial charge in [-0.25, -0.2) is 0 Å². The molecule has 1 aromatic carbocycles. The lowest BCUT2D eigenvalue weighted by Crippen LogP contribution is -2.65.